The van der Waals surface area contributed by atoms with Crippen LogP contribution in [0.1, 0.15) is 12.5 Å². The van der Waals surface area contributed by atoms with Crippen molar-refractivity contribution in [2.45, 2.75) is 19.9 Å². The number of nitrogens with one attached hydrogen (secondary N) is 1. The van der Waals surface area contributed by atoms with Crippen LogP contribution in [0.25, 0.3) is 21.9 Å². The van der Waals surface area contributed by atoms with Gasteiger partial charge in [0.1, 0.15) is 23.6 Å². The molecule has 3 heterocycles. The largest absolute Gasteiger partial charge is 0.457 e. The van der Waals surface area contributed by atoms with E-state index in [0.29, 0.717) is 6.54 Å². The molecule has 202 valence electrons. The first-order valence-corrected chi connectivity index (χ1v) is 13.3. The normalized spacial score (nSPS) is 15.4. The van der Waals surface area contributed by atoms with Gasteiger partial charge in [-0.1, -0.05) is 6.58 Å². The Kier molecular flexibility index (Phi) is 6.55. The van der Waals surface area contributed by atoms with Crippen LogP contribution in [0.15, 0.2) is 79.9 Å². The summed E-state index contributed by atoms with van der Waals surface area (Å²) in [6.45, 7) is 9.87. The number of benzene rings is 3. The number of carbonyl (C=O) groups is 1. The van der Waals surface area contributed by atoms with Gasteiger partial charge in [0.2, 0.25) is 5.91 Å². The molecular formula is C31H31N7O2. The molecule has 40 heavy (non-hydrogen) atoms. The molecule has 0 radical (unpaired) electrons. The Hall–Kier alpha value is -4.92. The summed E-state index contributed by atoms with van der Waals surface area (Å²) in [5.74, 6) is 2.23. The summed E-state index contributed by atoms with van der Waals surface area (Å²) >= 11 is 0. The van der Waals surface area contributed by atoms with E-state index in [2.05, 4.69) is 50.8 Å². The van der Waals surface area contributed by atoms with Crippen LogP contribution in [0.3, 0.4) is 0 Å². The SMILES string of the molecule is C=CC(=O)N1CCN(c2ccc3ncnc(Nc4ccc(Oc5ccc6c(c5)ncn6C)c(C)c4)c3c2)CC1C. The van der Waals surface area contributed by atoms with Gasteiger partial charge in [-0.2, -0.15) is 0 Å². The Labute approximate surface area is 232 Å². The van der Waals surface area contributed by atoms with E-state index in [0.717, 1.165) is 69.3 Å². The average molecular weight is 534 g/mol. The molecule has 1 saturated heterocycles. The van der Waals surface area contributed by atoms with Crippen LogP contribution in [-0.2, 0) is 11.8 Å². The number of imidazole rings is 1. The molecule has 1 N–H and O–H groups in total. The van der Waals surface area contributed by atoms with Crippen molar-refractivity contribution in [3.63, 3.8) is 0 Å². The first-order chi connectivity index (χ1) is 19.4. The lowest BCUT2D eigenvalue weighted by atomic mass is 10.1. The Morgan fingerprint density at radius 2 is 1.93 bits per heavy atom. The van der Waals surface area contributed by atoms with E-state index in [1.54, 1.807) is 12.7 Å². The van der Waals surface area contributed by atoms with Crippen LogP contribution in [0.5, 0.6) is 11.5 Å². The van der Waals surface area contributed by atoms with E-state index >= 15 is 0 Å². The van der Waals surface area contributed by atoms with Gasteiger partial charge < -0.3 is 24.4 Å². The molecule has 1 fully saturated rings. The number of fused-ring (bicyclic) bond motifs is 2. The number of rotatable bonds is 6. The minimum absolute atomic E-state index is 0.0217. The van der Waals surface area contributed by atoms with E-state index < -0.39 is 0 Å². The van der Waals surface area contributed by atoms with Gasteiger partial charge in [0.15, 0.2) is 0 Å². The maximum absolute atomic E-state index is 12.2. The molecule has 1 aliphatic heterocycles. The fourth-order valence-electron chi connectivity index (χ4n) is 5.26. The lowest BCUT2D eigenvalue weighted by molar-refractivity contribution is -0.128. The van der Waals surface area contributed by atoms with Crippen LogP contribution in [0.4, 0.5) is 17.2 Å². The molecule has 1 amide bonds. The van der Waals surface area contributed by atoms with Crippen molar-refractivity contribution in [2.75, 3.05) is 29.9 Å². The first-order valence-electron chi connectivity index (χ1n) is 13.3. The van der Waals surface area contributed by atoms with Crippen molar-refractivity contribution in [1.29, 1.82) is 0 Å². The standard InChI is InChI=1S/C31H31N7O2/c1-5-30(39)38-13-12-37(17-21(38)3)23-7-9-26-25(15-23)31(33-18-32-26)35-22-6-11-29(20(2)14-22)40-24-8-10-28-27(16-24)34-19-36(28)4/h5-11,14-16,18-19,21H,1,12-13,17H2,2-4H3,(H,32,33,35). The van der Waals surface area contributed by atoms with Gasteiger partial charge in [-0.3, -0.25) is 4.79 Å². The number of carbonyl (C=O) groups excluding carboxylic acids is 1. The summed E-state index contributed by atoms with van der Waals surface area (Å²) in [6.07, 6.45) is 4.76. The van der Waals surface area contributed by atoms with E-state index in [1.165, 1.54) is 6.08 Å². The van der Waals surface area contributed by atoms with Crippen molar-refractivity contribution in [1.82, 2.24) is 24.4 Å². The molecule has 1 aliphatic rings. The fraction of sp³-hybridized carbons (Fsp3) is 0.226. The monoisotopic (exact) mass is 533 g/mol. The highest BCUT2D eigenvalue weighted by atomic mass is 16.5. The summed E-state index contributed by atoms with van der Waals surface area (Å²) in [5, 5.41) is 4.40. The zero-order chi connectivity index (χ0) is 27.8. The molecule has 0 saturated carbocycles. The Balaban J connectivity index is 1.21. The Bertz CT molecular complexity index is 1750. The quantitative estimate of drug-likeness (QED) is 0.285. The number of piperazine rings is 1. The van der Waals surface area contributed by atoms with Gasteiger partial charge in [0, 0.05) is 55.6 Å². The second kappa shape index (κ2) is 10.3. The molecule has 6 rings (SSSR count). The van der Waals surface area contributed by atoms with Crippen molar-refractivity contribution >= 4 is 45.0 Å². The van der Waals surface area contributed by atoms with E-state index in [4.69, 9.17) is 4.74 Å². The highest BCUT2D eigenvalue weighted by molar-refractivity contribution is 5.93. The van der Waals surface area contributed by atoms with Gasteiger partial charge in [-0.25, -0.2) is 15.0 Å². The smallest absolute Gasteiger partial charge is 0.246 e. The lowest BCUT2D eigenvalue weighted by Gasteiger charge is -2.40. The van der Waals surface area contributed by atoms with Crippen LogP contribution in [0, 0.1) is 6.92 Å². The van der Waals surface area contributed by atoms with Crippen molar-refractivity contribution in [3.8, 4) is 11.5 Å². The van der Waals surface area contributed by atoms with Gasteiger partial charge in [-0.05, 0) is 74.0 Å². The molecule has 9 heteroatoms. The second-order valence-electron chi connectivity index (χ2n) is 10.2. The fourth-order valence-corrected chi connectivity index (χ4v) is 5.26. The second-order valence-corrected chi connectivity index (χ2v) is 10.2. The summed E-state index contributed by atoms with van der Waals surface area (Å²) in [4.78, 5) is 29.8. The summed E-state index contributed by atoms with van der Waals surface area (Å²) < 4.78 is 8.17. The number of hydrogen-bond donors (Lipinski definition) is 1. The van der Waals surface area contributed by atoms with Gasteiger partial charge in [-0.15, -0.1) is 0 Å². The van der Waals surface area contributed by atoms with Gasteiger partial charge in [0.05, 0.1) is 22.9 Å². The molecule has 5 aromatic rings. The molecule has 0 bridgehead atoms. The average Bonchev–Trinajstić information content (AvgIpc) is 3.33. The van der Waals surface area contributed by atoms with Crippen LogP contribution >= 0.6 is 0 Å². The van der Waals surface area contributed by atoms with Gasteiger partial charge in [0.25, 0.3) is 0 Å². The number of nitrogens with zero attached hydrogens (tertiary/aromatic N) is 6. The molecular weight excluding hydrogens is 502 g/mol. The predicted octanol–water partition coefficient (Wildman–Crippen LogP) is 5.58. The van der Waals surface area contributed by atoms with E-state index in [1.807, 2.05) is 65.9 Å². The summed E-state index contributed by atoms with van der Waals surface area (Å²) in [6, 6.07) is 18.2. The topological polar surface area (TPSA) is 88.4 Å². The summed E-state index contributed by atoms with van der Waals surface area (Å²) in [5.41, 5.74) is 5.78. The minimum Gasteiger partial charge on any atom is -0.457 e. The zero-order valence-electron chi connectivity index (χ0n) is 22.8. The number of amides is 1. The molecule has 0 aliphatic carbocycles. The lowest BCUT2D eigenvalue weighted by Crippen LogP contribution is -2.53. The number of ether oxygens (including phenoxy) is 1. The molecule has 1 atom stereocenters. The van der Waals surface area contributed by atoms with Crippen molar-refractivity contribution in [2.24, 2.45) is 7.05 Å². The molecule has 9 nitrogen and oxygen atoms in total. The Morgan fingerprint density at radius 3 is 2.73 bits per heavy atom. The van der Waals surface area contributed by atoms with Crippen molar-refractivity contribution < 1.29 is 9.53 Å². The Morgan fingerprint density at radius 1 is 1.05 bits per heavy atom. The maximum Gasteiger partial charge on any atom is 0.246 e. The molecule has 0 spiro atoms. The third-order valence-electron chi connectivity index (χ3n) is 7.43. The molecule has 3 aromatic carbocycles. The first kappa shape index (κ1) is 25.4. The minimum atomic E-state index is -0.0217. The van der Waals surface area contributed by atoms with E-state index in [9.17, 15) is 4.79 Å². The molecule has 2 aromatic heterocycles. The van der Waals surface area contributed by atoms with Crippen LogP contribution < -0.4 is 15.0 Å². The number of aromatic nitrogens is 4. The number of hydrogen-bond acceptors (Lipinski definition) is 7. The number of aryl methyl sites for hydroxylation is 2. The van der Waals surface area contributed by atoms with E-state index in [-0.39, 0.29) is 11.9 Å². The highest BCUT2D eigenvalue weighted by Crippen LogP contribution is 2.32. The summed E-state index contributed by atoms with van der Waals surface area (Å²) in [7, 11) is 1.97. The predicted molar refractivity (Wildman–Crippen MR) is 158 cm³/mol. The number of anilines is 3. The van der Waals surface area contributed by atoms with Crippen molar-refractivity contribution in [3.05, 3.63) is 85.5 Å². The van der Waals surface area contributed by atoms with Crippen LogP contribution in [0.2, 0.25) is 0 Å². The van der Waals surface area contributed by atoms with Crippen LogP contribution in [-0.4, -0.2) is 56.0 Å². The van der Waals surface area contributed by atoms with Gasteiger partial charge >= 0.3 is 0 Å². The third-order valence-corrected chi connectivity index (χ3v) is 7.43. The highest BCUT2D eigenvalue weighted by Gasteiger charge is 2.26. The maximum atomic E-state index is 12.2. The zero-order valence-corrected chi connectivity index (χ0v) is 22.8. The third kappa shape index (κ3) is 4.82. The molecule has 1 unspecified atom stereocenters.